The largest absolute Gasteiger partial charge is 0.331 e. The van der Waals surface area contributed by atoms with E-state index in [1.54, 1.807) is 48.5 Å². The van der Waals surface area contributed by atoms with Crippen molar-refractivity contribution in [3.63, 3.8) is 0 Å². The summed E-state index contributed by atoms with van der Waals surface area (Å²) < 4.78 is 15.3. The van der Waals surface area contributed by atoms with Gasteiger partial charge in [-0.15, -0.1) is 0 Å². The van der Waals surface area contributed by atoms with Crippen molar-refractivity contribution in [3.05, 3.63) is 87.6 Å². The predicted octanol–water partition coefficient (Wildman–Crippen LogP) is 4.65. The molecule has 0 saturated carbocycles. The second-order valence-electron chi connectivity index (χ2n) is 5.82. The van der Waals surface area contributed by atoms with Gasteiger partial charge in [0, 0.05) is 5.02 Å². The number of H-pyrrole nitrogens is 1. The number of benzene rings is 3. The molecule has 0 aliphatic carbocycles. The van der Waals surface area contributed by atoms with Crippen molar-refractivity contribution in [2.75, 3.05) is 0 Å². The number of imidazole rings is 1. The fourth-order valence-electron chi connectivity index (χ4n) is 2.97. The summed E-state index contributed by atoms with van der Waals surface area (Å²) in [7, 11) is 0. The number of fused-ring (bicyclic) bond motifs is 1. The molecule has 4 aromatic rings. The van der Waals surface area contributed by atoms with Crippen LogP contribution in [0.1, 0.15) is 5.56 Å². The Hall–Kier alpha value is -3.36. The minimum Gasteiger partial charge on any atom is -0.305 e. The Kier molecular flexibility index (Phi) is 3.83. The van der Waals surface area contributed by atoms with Crippen LogP contribution < -0.4 is 5.69 Å². The minimum atomic E-state index is -0.486. The van der Waals surface area contributed by atoms with E-state index in [4.69, 9.17) is 16.9 Å². The van der Waals surface area contributed by atoms with Crippen LogP contribution in [0, 0.1) is 17.1 Å². The molecule has 0 amide bonds. The third-order valence-electron chi connectivity index (χ3n) is 4.11. The van der Waals surface area contributed by atoms with E-state index in [1.807, 2.05) is 6.07 Å². The third kappa shape index (κ3) is 2.77. The Bertz CT molecular complexity index is 1250. The maximum absolute atomic E-state index is 13.8. The van der Waals surface area contributed by atoms with Gasteiger partial charge in [0.2, 0.25) is 0 Å². The van der Waals surface area contributed by atoms with Crippen LogP contribution in [0.2, 0.25) is 5.02 Å². The molecule has 1 aromatic heterocycles. The van der Waals surface area contributed by atoms with Crippen molar-refractivity contribution < 1.29 is 4.39 Å². The fourth-order valence-corrected chi connectivity index (χ4v) is 3.16. The molecular formula is C20H11ClFN3O. The maximum atomic E-state index is 13.8. The van der Waals surface area contributed by atoms with Crippen LogP contribution in [0.15, 0.2) is 65.5 Å². The molecule has 26 heavy (non-hydrogen) atoms. The van der Waals surface area contributed by atoms with E-state index in [2.05, 4.69) is 4.98 Å². The van der Waals surface area contributed by atoms with Crippen molar-refractivity contribution >= 4 is 22.6 Å². The van der Waals surface area contributed by atoms with Crippen molar-refractivity contribution in [1.29, 1.82) is 5.26 Å². The zero-order chi connectivity index (χ0) is 18.3. The molecule has 6 heteroatoms. The molecule has 126 valence electrons. The van der Waals surface area contributed by atoms with E-state index in [9.17, 15) is 9.18 Å². The Morgan fingerprint density at radius 2 is 1.88 bits per heavy atom. The molecule has 1 N–H and O–H groups in total. The van der Waals surface area contributed by atoms with Gasteiger partial charge in [-0.1, -0.05) is 23.7 Å². The number of rotatable bonds is 2. The summed E-state index contributed by atoms with van der Waals surface area (Å²) in [5, 5.41) is 9.56. The monoisotopic (exact) mass is 363 g/mol. The lowest BCUT2D eigenvalue weighted by Gasteiger charge is -2.07. The third-order valence-corrected chi connectivity index (χ3v) is 4.35. The lowest BCUT2D eigenvalue weighted by atomic mass is 10.0. The van der Waals surface area contributed by atoms with Crippen LogP contribution in [0.4, 0.5) is 4.39 Å². The fraction of sp³-hybridized carbons (Fsp3) is 0. The zero-order valence-electron chi connectivity index (χ0n) is 13.3. The number of halogens is 2. The van der Waals surface area contributed by atoms with E-state index < -0.39 is 5.82 Å². The molecule has 0 bridgehead atoms. The standard InChI is InChI=1S/C20H11ClFN3O/c21-15-2-1-3-17(10-15)25-19-9-13(4-5-18(19)24-20(25)26)14-6-12(11-23)7-16(22)8-14/h1-10H,(H,24,26). The van der Waals surface area contributed by atoms with Crippen LogP contribution in [-0.4, -0.2) is 9.55 Å². The predicted molar refractivity (Wildman–Crippen MR) is 99.0 cm³/mol. The van der Waals surface area contributed by atoms with Gasteiger partial charge in [-0.3, -0.25) is 4.57 Å². The summed E-state index contributed by atoms with van der Waals surface area (Å²) in [6.07, 6.45) is 0. The van der Waals surface area contributed by atoms with Crippen LogP contribution in [0.3, 0.4) is 0 Å². The summed E-state index contributed by atoms with van der Waals surface area (Å²) >= 11 is 6.05. The molecule has 0 aliphatic heterocycles. The molecule has 0 saturated heterocycles. The SMILES string of the molecule is N#Cc1cc(F)cc(-c2ccc3[nH]c(=O)n(-c4cccc(Cl)c4)c3c2)c1. The summed E-state index contributed by atoms with van der Waals surface area (Å²) in [5.74, 6) is -0.486. The van der Waals surface area contributed by atoms with Crippen molar-refractivity contribution in [3.8, 4) is 22.9 Å². The van der Waals surface area contributed by atoms with E-state index >= 15 is 0 Å². The molecule has 0 aliphatic rings. The number of hydrogen-bond donors (Lipinski definition) is 1. The number of nitriles is 1. The second-order valence-corrected chi connectivity index (χ2v) is 6.25. The summed E-state index contributed by atoms with van der Waals surface area (Å²) in [5.41, 5.74) is 3.12. The van der Waals surface area contributed by atoms with Crippen molar-refractivity contribution in [1.82, 2.24) is 9.55 Å². The van der Waals surface area contributed by atoms with Gasteiger partial charge in [0.15, 0.2) is 0 Å². The first-order valence-corrected chi connectivity index (χ1v) is 8.15. The molecule has 0 radical (unpaired) electrons. The zero-order valence-corrected chi connectivity index (χ0v) is 14.1. The first-order chi connectivity index (χ1) is 12.5. The lowest BCUT2D eigenvalue weighted by Crippen LogP contribution is -2.14. The first kappa shape index (κ1) is 16.1. The first-order valence-electron chi connectivity index (χ1n) is 7.77. The Labute approximate surface area is 152 Å². The van der Waals surface area contributed by atoms with Crippen LogP contribution in [0.5, 0.6) is 0 Å². The minimum absolute atomic E-state index is 0.237. The van der Waals surface area contributed by atoms with Gasteiger partial charge in [-0.2, -0.15) is 5.26 Å². The normalized spacial score (nSPS) is 10.8. The Morgan fingerprint density at radius 1 is 1.04 bits per heavy atom. The Balaban J connectivity index is 1.96. The highest BCUT2D eigenvalue weighted by Gasteiger charge is 2.11. The van der Waals surface area contributed by atoms with Gasteiger partial charge >= 0.3 is 5.69 Å². The topological polar surface area (TPSA) is 61.6 Å². The van der Waals surface area contributed by atoms with E-state index in [0.29, 0.717) is 32.9 Å². The van der Waals surface area contributed by atoms with Gasteiger partial charge in [-0.25, -0.2) is 9.18 Å². The quantitative estimate of drug-likeness (QED) is 0.563. The number of aromatic amines is 1. The molecule has 1 heterocycles. The molecule has 4 nitrogen and oxygen atoms in total. The molecule has 0 atom stereocenters. The number of nitrogens with one attached hydrogen (secondary N) is 1. The lowest BCUT2D eigenvalue weighted by molar-refractivity contribution is 0.628. The van der Waals surface area contributed by atoms with Crippen LogP contribution >= 0.6 is 11.6 Å². The highest BCUT2D eigenvalue weighted by atomic mass is 35.5. The Morgan fingerprint density at radius 3 is 2.65 bits per heavy atom. The second kappa shape index (κ2) is 6.17. The molecule has 0 unspecified atom stereocenters. The maximum Gasteiger partial charge on any atom is 0.331 e. The molecule has 4 rings (SSSR count). The number of hydrogen-bond acceptors (Lipinski definition) is 2. The molecule has 0 fully saturated rings. The number of nitrogens with zero attached hydrogens (tertiary/aromatic N) is 2. The van der Waals surface area contributed by atoms with Gasteiger partial charge in [0.05, 0.1) is 28.4 Å². The number of aromatic nitrogens is 2. The van der Waals surface area contributed by atoms with Crippen LogP contribution in [0.25, 0.3) is 27.8 Å². The van der Waals surface area contributed by atoms with E-state index in [0.717, 1.165) is 0 Å². The highest BCUT2D eigenvalue weighted by Crippen LogP contribution is 2.26. The summed E-state index contributed by atoms with van der Waals surface area (Å²) in [6.45, 7) is 0. The molecule has 0 spiro atoms. The van der Waals surface area contributed by atoms with Gasteiger partial charge in [0.1, 0.15) is 5.82 Å². The van der Waals surface area contributed by atoms with Gasteiger partial charge < -0.3 is 4.98 Å². The highest BCUT2D eigenvalue weighted by molar-refractivity contribution is 6.30. The molecular weight excluding hydrogens is 353 g/mol. The molecule has 3 aromatic carbocycles. The smallest absolute Gasteiger partial charge is 0.305 e. The van der Waals surface area contributed by atoms with Crippen LogP contribution in [-0.2, 0) is 0 Å². The summed E-state index contributed by atoms with van der Waals surface area (Å²) in [4.78, 5) is 15.2. The average Bonchev–Trinajstić information content (AvgIpc) is 2.96. The van der Waals surface area contributed by atoms with E-state index in [-0.39, 0.29) is 11.3 Å². The van der Waals surface area contributed by atoms with Crippen molar-refractivity contribution in [2.24, 2.45) is 0 Å². The van der Waals surface area contributed by atoms with Crippen molar-refractivity contribution in [2.45, 2.75) is 0 Å². The van der Waals surface area contributed by atoms with E-state index in [1.165, 1.54) is 16.7 Å². The summed E-state index contributed by atoms with van der Waals surface area (Å²) in [6, 6.07) is 18.4. The van der Waals surface area contributed by atoms with Gasteiger partial charge in [0.25, 0.3) is 0 Å². The van der Waals surface area contributed by atoms with Gasteiger partial charge in [-0.05, 0) is 59.7 Å². The average molecular weight is 364 g/mol.